The smallest absolute Gasteiger partial charge is 0.328 e. The van der Waals surface area contributed by atoms with E-state index in [0.717, 1.165) is 11.1 Å². The minimum Gasteiger partial charge on any atom is -0.466 e. The number of benzene rings is 1. The molecule has 198 valence electrons. The van der Waals surface area contributed by atoms with Gasteiger partial charge in [-0.1, -0.05) is 12.1 Å². The van der Waals surface area contributed by atoms with Crippen molar-refractivity contribution in [2.24, 2.45) is 0 Å². The first-order valence-corrected chi connectivity index (χ1v) is 12.4. The molecule has 0 aliphatic carbocycles. The predicted molar refractivity (Wildman–Crippen MR) is 138 cm³/mol. The molecule has 11 heteroatoms. The zero-order valence-electron chi connectivity index (χ0n) is 21.3. The van der Waals surface area contributed by atoms with E-state index in [-0.39, 0.29) is 50.0 Å². The van der Waals surface area contributed by atoms with Crippen molar-refractivity contribution in [2.75, 3.05) is 25.5 Å². The summed E-state index contributed by atoms with van der Waals surface area (Å²) >= 11 is 0. The number of nitrogens with two attached hydrogens (primary N) is 1. The Kier molecular flexibility index (Phi) is 9.42. The van der Waals surface area contributed by atoms with Gasteiger partial charge < -0.3 is 25.1 Å². The number of anilines is 1. The van der Waals surface area contributed by atoms with Crippen molar-refractivity contribution in [1.29, 1.82) is 0 Å². The number of aromatic nitrogens is 3. The summed E-state index contributed by atoms with van der Waals surface area (Å²) in [4.78, 5) is 61.1. The van der Waals surface area contributed by atoms with E-state index in [1.165, 1.54) is 4.90 Å². The number of H-pyrrole nitrogens is 2. The Labute approximate surface area is 214 Å². The second-order valence-corrected chi connectivity index (χ2v) is 8.39. The molecule has 1 aromatic carbocycles. The lowest BCUT2D eigenvalue weighted by molar-refractivity contribution is -0.149. The summed E-state index contributed by atoms with van der Waals surface area (Å²) in [5.41, 5.74) is 7.95. The molecule has 0 aliphatic heterocycles. The molecule has 2 aromatic heterocycles. The van der Waals surface area contributed by atoms with Crippen LogP contribution in [0.3, 0.4) is 0 Å². The molecule has 4 N–H and O–H groups in total. The number of likely N-dealkylation sites (N-methyl/N-ethyl adjacent to an activating group) is 1. The van der Waals surface area contributed by atoms with Gasteiger partial charge in [-0.05, 0) is 63.3 Å². The van der Waals surface area contributed by atoms with Gasteiger partial charge >= 0.3 is 11.9 Å². The summed E-state index contributed by atoms with van der Waals surface area (Å²) in [6, 6.07) is 6.20. The lowest BCUT2D eigenvalue weighted by Crippen LogP contribution is -2.46. The summed E-state index contributed by atoms with van der Waals surface area (Å²) in [5.74, 6) is -1.26. The Hall–Kier alpha value is -4.15. The standard InChI is InChI=1S/C26H33N5O6/c1-4-31(19(25(35)37-6-3)13-14-20(32)36-5-2)24(34)17-10-7-16(8-11-17)9-12-18-15-28-22-21(18)23(33)30-26(27)29-22/h7-8,10-11,15,19H,4-6,9,12-14H2,1-3H3,(H4,27,28,29,30,33)/t19-/m0/s1. The fourth-order valence-electron chi connectivity index (χ4n) is 4.21. The Bertz CT molecular complexity index is 1300. The van der Waals surface area contributed by atoms with Gasteiger partial charge in [0.25, 0.3) is 11.5 Å². The molecular formula is C26H33N5O6. The fraction of sp³-hybridized carbons (Fsp3) is 0.423. The molecule has 3 rings (SSSR count). The summed E-state index contributed by atoms with van der Waals surface area (Å²) in [6.45, 7) is 5.85. The van der Waals surface area contributed by atoms with Crippen LogP contribution in [0.2, 0.25) is 0 Å². The van der Waals surface area contributed by atoms with Gasteiger partial charge in [-0.3, -0.25) is 19.4 Å². The Morgan fingerprint density at radius 1 is 1.05 bits per heavy atom. The zero-order valence-corrected chi connectivity index (χ0v) is 21.3. The Balaban J connectivity index is 1.71. The third-order valence-electron chi connectivity index (χ3n) is 5.99. The first-order valence-electron chi connectivity index (χ1n) is 12.4. The second-order valence-electron chi connectivity index (χ2n) is 8.39. The molecule has 0 fully saturated rings. The van der Waals surface area contributed by atoms with Gasteiger partial charge in [0.05, 0.1) is 18.6 Å². The summed E-state index contributed by atoms with van der Waals surface area (Å²) < 4.78 is 10.1. The molecule has 2 heterocycles. The van der Waals surface area contributed by atoms with Crippen molar-refractivity contribution in [3.05, 3.63) is 57.5 Å². The van der Waals surface area contributed by atoms with Crippen LogP contribution in [0.15, 0.2) is 35.3 Å². The Morgan fingerprint density at radius 3 is 2.41 bits per heavy atom. The second kappa shape index (κ2) is 12.7. The van der Waals surface area contributed by atoms with Crippen molar-refractivity contribution in [1.82, 2.24) is 19.9 Å². The number of fused-ring (bicyclic) bond motifs is 1. The number of carbonyl (C=O) groups excluding carboxylic acids is 3. The van der Waals surface area contributed by atoms with Crippen LogP contribution in [0.5, 0.6) is 0 Å². The first kappa shape index (κ1) is 27.4. The van der Waals surface area contributed by atoms with Crippen molar-refractivity contribution < 1.29 is 23.9 Å². The molecule has 1 amide bonds. The number of nitrogen functional groups attached to an aromatic ring is 1. The molecule has 0 radical (unpaired) electrons. The van der Waals surface area contributed by atoms with Crippen molar-refractivity contribution in [2.45, 2.75) is 52.5 Å². The number of amides is 1. The van der Waals surface area contributed by atoms with E-state index in [1.54, 1.807) is 39.1 Å². The molecule has 11 nitrogen and oxygen atoms in total. The normalized spacial score (nSPS) is 11.8. The fourth-order valence-corrected chi connectivity index (χ4v) is 4.21. The number of aromatic amines is 2. The number of ether oxygens (including phenoxy) is 2. The predicted octanol–water partition coefficient (Wildman–Crippen LogP) is 2.36. The number of nitrogens with zero attached hydrogens (tertiary/aromatic N) is 2. The van der Waals surface area contributed by atoms with Crippen molar-refractivity contribution >= 4 is 34.8 Å². The summed E-state index contributed by atoms with van der Waals surface area (Å²) in [7, 11) is 0. The van der Waals surface area contributed by atoms with Gasteiger partial charge in [-0.25, -0.2) is 4.79 Å². The number of rotatable bonds is 12. The molecule has 0 bridgehead atoms. The lowest BCUT2D eigenvalue weighted by atomic mass is 10.0. The van der Waals surface area contributed by atoms with Crippen LogP contribution in [-0.4, -0.2) is 63.5 Å². The van der Waals surface area contributed by atoms with E-state index in [2.05, 4.69) is 15.0 Å². The molecule has 0 aliphatic rings. The van der Waals surface area contributed by atoms with Crippen LogP contribution in [-0.2, 0) is 31.9 Å². The third kappa shape index (κ3) is 6.75. The number of aryl methyl sites for hydroxylation is 2. The lowest BCUT2D eigenvalue weighted by Gasteiger charge is -2.29. The largest absolute Gasteiger partial charge is 0.466 e. The maximum absolute atomic E-state index is 13.3. The van der Waals surface area contributed by atoms with Crippen LogP contribution in [0.1, 0.15) is 55.1 Å². The van der Waals surface area contributed by atoms with Gasteiger partial charge in [0.1, 0.15) is 11.7 Å². The van der Waals surface area contributed by atoms with E-state index < -0.39 is 18.0 Å². The van der Waals surface area contributed by atoms with Gasteiger partial charge in [0, 0.05) is 24.7 Å². The van der Waals surface area contributed by atoms with E-state index in [4.69, 9.17) is 15.2 Å². The summed E-state index contributed by atoms with van der Waals surface area (Å²) in [6.07, 6.45) is 3.07. The van der Waals surface area contributed by atoms with E-state index in [0.29, 0.717) is 29.4 Å². The molecular weight excluding hydrogens is 478 g/mol. The highest BCUT2D eigenvalue weighted by Gasteiger charge is 2.31. The number of carbonyl (C=O) groups is 3. The number of hydrogen-bond donors (Lipinski definition) is 3. The zero-order chi connectivity index (χ0) is 26.9. The first-order chi connectivity index (χ1) is 17.8. The maximum atomic E-state index is 13.3. The maximum Gasteiger partial charge on any atom is 0.328 e. The van der Waals surface area contributed by atoms with Gasteiger partial charge in [0.15, 0.2) is 0 Å². The topological polar surface area (TPSA) is 160 Å². The number of hydrogen-bond acceptors (Lipinski definition) is 8. The minimum atomic E-state index is -0.899. The van der Waals surface area contributed by atoms with Gasteiger partial charge in [-0.2, -0.15) is 4.98 Å². The van der Waals surface area contributed by atoms with Crippen LogP contribution >= 0.6 is 0 Å². The monoisotopic (exact) mass is 511 g/mol. The molecule has 37 heavy (non-hydrogen) atoms. The van der Waals surface area contributed by atoms with E-state index >= 15 is 0 Å². The van der Waals surface area contributed by atoms with Crippen molar-refractivity contribution in [3.63, 3.8) is 0 Å². The highest BCUT2D eigenvalue weighted by Crippen LogP contribution is 2.18. The molecule has 3 aromatic rings. The van der Waals surface area contributed by atoms with Gasteiger partial charge in [0.2, 0.25) is 5.95 Å². The molecule has 0 saturated carbocycles. The molecule has 0 saturated heterocycles. The minimum absolute atomic E-state index is 0.00117. The van der Waals surface area contributed by atoms with E-state index in [1.807, 2.05) is 12.1 Å². The quantitative estimate of drug-likeness (QED) is 0.312. The third-order valence-corrected chi connectivity index (χ3v) is 5.99. The average Bonchev–Trinajstić information content (AvgIpc) is 3.28. The SMILES string of the molecule is CCOC(=O)CC[C@@H](C(=O)OCC)N(CC)C(=O)c1ccc(CCc2c[nH]c3nc(N)[nH]c(=O)c23)cc1. The summed E-state index contributed by atoms with van der Waals surface area (Å²) in [5, 5.41) is 0.479. The van der Waals surface area contributed by atoms with Crippen molar-refractivity contribution in [3.8, 4) is 0 Å². The molecule has 0 spiro atoms. The highest BCUT2D eigenvalue weighted by molar-refractivity contribution is 5.97. The number of esters is 2. The van der Waals surface area contributed by atoms with Crippen LogP contribution < -0.4 is 11.3 Å². The number of nitrogens with one attached hydrogen (secondary N) is 2. The van der Waals surface area contributed by atoms with Crippen LogP contribution in [0, 0.1) is 0 Å². The molecule has 1 atom stereocenters. The average molecular weight is 512 g/mol. The van der Waals surface area contributed by atoms with Crippen LogP contribution in [0.4, 0.5) is 5.95 Å². The Morgan fingerprint density at radius 2 is 1.76 bits per heavy atom. The van der Waals surface area contributed by atoms with Crippen LogP contribution in [0.25, 0.3) is 11.0 Å². The van der Waals surface area contributed by atoms with E-state index in [9.17, 15) is 19.2 Å². The molecule has 0 unspecified atom stereocenters. The highest BCUT2D eigenvalue weighted by atomic mass is 16.5. The van der Waals surface area contributed by atoms with Gasteiger partial charge in [-0.15, -0.1) is 0 Å².